The molecule has 0 radical (unpaired) electrons. The van der Waals surface area contributed by atoms with Crippen LogP contribution < -0.4 is 10.5 Å². The summed E-state index contributed by atoms with van der Waals surface area (Å²) in [6.45, 7) is 2.54. The molecule has 0 saturated heterocycles. The molecule has 0 unspecified atom stereocenters. The molecule has 0 saturated carbocycles. The Morgan fingerprint density at radius 2 is 2.05 bits per heavy atom. The SMILES string of the molecule is Cc1ccc(S(N)(=O)=O)cc1NCc1cccn1C. The Bertz CT molecular complexity index is 690. The Balaban J connectivity index is 2.23. The molecule has 102 valence electrons. The van der Waals surface area contributed by atoms with Crippen LogP contribution in [0.4, 0.5) is 5.69 Å². The number of rotatable bonds is 4. The molecule has 0 spiro atoms. The second kappa shape index (κ2) is 5.07. The first-order valence-corrected chi connectivity index (χ1v) is 7.40. The van der Waals surface area contributed by atoms with Gasteiger partial charge in [-0.05, 0) is 36.8 Å². The lowest BCUT2D eigenvalue weighted by atomic mass is 10.2. The highest BCUT2D eigenvalue weighted by Crippen LogP contribution is 2.20. The van der Waals surface area contributed by atoms with E-state index >= 15 is 0 Å². The summed E-state index contributed by atoms with van der Waals surface area (Å²) in [7, 11) is -1.70. The van der Waals surface area contributed by atoms with E-state index in [1.165, 1.54) is 6.07 Å². The standard InChI is InChI=1S/C13H17N3O2S/c1-10-5-6-12(19(14,17)18)8-13(10)15-9-11-4-3-7-16(11)2/h3-8,15H,9H2,1-2H3,(H2,14,17,18). The number of anilines is 1. The molecule has 0 aliphatic carbocycles. The van der Waals surface area contributed by atoms with Crippen LogP contribution in [0.5, 0.6) is 0 Å². The van der Waals surface area contributed by atoms with Crippen molar-refractivity contribution in [1.29, 1.82) is 0 Å². The molecule has 5 nitrogen and oxygen atoms in total. The van der Waals surface area contributed by atoms with Crippen LogP contribution in [0.3, 0.4) is 0 Å². The highest BCUT2D eigenvalue weighted by atomic mass is 32.2. The minimum Gasteiger partial charge on any atom is -0.379 e. The Morgan fingerprint density at radius 3 is 2.63 bits per heavy atom. The van der Waals surface area contributed by atoms with Crippen LogP contribution >= 0.6 is 0 Å². The van der Waals surface area contributed by atoms with Gasteiger partial charge in [0, 0.05) is 24.6 Å². The monoisotopic (exact) mass is 279 g/mol. The van der Waals surface area contributed by atoms with Crippen molar-refractivity contribution in [3.05, 3.63) is 47.8 Å². The van der Waals surface area contributed by atoms with Crippen molar-refractivity contribution in [2.75, 3.05) is 5.32 Å². The van der Waals surface area contributed by atoms with Gasteiger partial charge in [0.1, 0.15) is 0 Å². The fraction of sp³-hybridized carbons (Fsp3) is 0.231. The summed E-state index contributed by atoms with van der Waals surface area (Å²) in [4.78, 5) is 0.118. The predicted octanol–water partition coefficient (Wildman–Crippen LogP) is 1.59. The van der Waals surface area contributed by atoms with E-state index in [9.17, 15) is 8.42 Å². The van der Waals surface area contributed by atoms with Crippen molar-refractivity contribution in [3.63, 3.8) is 0 Å². The smallest absolute Gasteiger partial charge is 0.238 e. The normalized spacial score (nSPS) is 11.5. The van der Waals surface area contributed by atoms with Gasteiger partial charge in [-0.3, -0.25) is 0 Å². The Labute approximate surface area is 113 Å². The Hall–Kier alpha value is -1.79. The number of primary sulfonamides is 1. The average Bonchev–Trinajstić information content (AvgIpc) is 2.72. The maximum absolute atomic E-state index is 11.3. The number of nitrogens with zero attached hydrogens (tertiary/aromatic N) is 1. The van der Waals surface area contributed by atoms with Gasteiger partial charge in [-0.25, -0.2) is 13.6 Å². The lowest BCUT2D eigenvalue weighted by Gasteiger charge is -2.11. The van der Waals surface area contributed by atoms with E-state index in [1.807, 2.05) is 36.9 Å². The number of benzene rings is 1. The molecule has 0 atom stereocenters. The Kier molecular flexibility index (Phi) is 3.64. The zero-order valence-electron chi connectivity index (χ0n) is 10.9. The van der Waals surface area contributed by atoms with E-state index in [2.05, 4.69) is 5.32 Å². The topological polar surface area (TPSA) is 77.1 Å². The van der Waals surface area contributed by atoms with Crippen LogP contribution in [0.2, 0.25) is 0 Å². The van der Waals surface area contributed by atoms with Crippen molar-refractivity contribution >= 4 is 15.7 Å². The quantitative estimate of drug-likeness (QED) is 0.892. The number of aromatic nitrogens is 1. The highest BCUT2D eigenvalue weighted by molar-refractivity contribution is 7.89. The largest absolute Gasteiger partial charge is 0.379 e. The van der Waals surface area contributed by atoms with Crippen molar-refractivity contribution in [2.24, 2.45) is 12.2 Å². The molecule has 0 aliphatic heterocycles. The van der Waals surface area contributed by atoms with E-state index in [4.69, 9.17) is 5.14 Å². The fourth-order valence-corrected chi connectivity index (χ4v) is 2.37. The van der Waals surface area contributed by atoms with Crippen LogP contribution in [0.1, 0.15) is 11.3 Å². The van der Waals surface area contributed by atoms with E-state index in [-0.39, 0.29) is 4.90 Å². The predicted molar refractivity (Wildman–Crippen MR) is 75.3 cm³/mol. The van der Waals surface area contributed by atoms with Crippen LogP contribution in [0.15, 0.2) is 41.4 Å². The van der Waals surface area contributed by atoms with Crippen LogP contribution in [-0.2, 0) is 23.6 Å². The zero-order valence-corrected chi connectivity index (χ0v) is 11.7. The van der Waals surface area contributed by atoms with Crippen LogP contribution in [0.25, 0.3) is 0 Å². The van der Waals surface area contributed by atoms with Gasteiger partial charge in [-0.1, -0.05) is 6.07 Å². The number of nitrogens with one attached hydrogen (secondary N) is 1. The molecule has 6 heteroatoms. The van der Waals surface area contributed by atoms with Gasteiger partial charge in [0.25, 0.3) is 0 Å². The number of hydrogen-bond acceptors (Lipinski definition) is 3. The van der Waals surface area contributed by atoms with Crippen molar-refractivity contribution < 1.29 is 8.42 Å². The maximum atomic E-state index is 11.3. The number of hydrogen-bond donors (Lipinski definition) is 2. The van der Waals surface area contributed by atoms with Gasteiger partial charge in [0.15, 0.2) is 0 Å². The average molecular weight is 279 g/mol. The first kappa shape index (κ1) is 13.6. The number of nitrogens with two attached hydrogens (primary N) is 1. The van der Waals surface area contributed by atoms with Gasteiger partial charge in [-0.2, -0.15) is 0 Å². The molecule has 2 rings (SSSR count). The Morgan fingerprint density at radius 1 is 1.32 bits per heavy atom. The van der Waals surface area contributed by atoms with Crippen molar-refractivity contribution in [2.45, 2.75) is 18.4 Å². The summed E-state index contributed by atoms with van der Waals surface area (Å²) in [5.41, 5.74) is 2.86. The van der Waals surface area contributed by atoms with Gasteiger partial charge in [-0.15, -0.1) is 0 Å². The lowest BCUT2D eigenvalue weighted by Crippen LogP contribution is -2.13. The first-order valence-electron chi connectivity index (χ1n) is 5.85. The van der Waals surface area contributed by atoms with Crippen LogP contribution in [0, 0.1) is 6.92 Å². The summed E-state index contributed by atoms with van der Waals surface area (Å²) < 4.78 is 24.7. The summed E-state index contributed by atoms with van der Waals surface area (Å²) in [6.07, 6.45) is 1.96. The van der Waals surface area contributed by atoms with Gasteiger partial charge in [0.2, 0.25) is 10.0 Å². The van der Waals surface area contributed by atoms with Crippen molar-refractivity contribution in [1.82, 2.24) is 4.57 Å². The molecule has 1 heterocycles. The molecule has 0 aliphatic rings. The molecule has 0 amide bonds. The molecule has 3 N–H and O–H groups in total. The summed E-state index contributed by atoms with van der Waals surface area (Å²) in [5, 5.41) is 8.36. The molecule has 0 fully saturated rings. The molecule has 1 aromatic carbocycles. The second-order valence-electron chi connectivity index (χ2n) is 4.49. The van der Waals surface area contributed by atoms with Crippen LogP contribution in [-0.4, -0.2) is 13.0 Å². The molecular weight excluding hydrogens is 262 g/mol. The third kappa shape index (κ3) is 3.15. The molecule has 2 aromatic rings. The molecule has 0 bridgehead atoms. The molecule has 19 heavy (non-hydrogen) atoms. The number of aryl methyl sites for hydroxylation is 2. The summed E-state index contributed by atoms with van der Waals surface area (Å²) in [5.74, 6) is 0. The minimum atomic E-state index is -3.67. The maximum Gasteiger partial charge on any atom is 0.238 e. The van der Waals surface area contributed by atoms with Gasteiger partial charge >= 0.3 is 0 Å². The first-order chi connectivity index (χ1) is 8.88. The fourth-order valence-electron chi connectivity index (χ4n) is 1.83. The summed E-state index contributed by atoms with van der Waals surface area (Å²) in [6, 6.07) is 8.79. The van der Waals surface area contributed by atoms with Gasteiger partial charge < -0.3 is 9.88 Å². The van der Waals surface area contributed by atoms with E-state index in [1.54, 1.807) is 12.1 Å². The van der Waals surface area contributed by atoms with Gasteiger partial charge in [0.05, 0.1) is 11.4 Å². The van der Waals surface area contributed by atoms with Crippen molar-refractivity contribution in [3.8, 4) is 0 Å². The molecule has 1 aromatic heterocycles. The third-order valence-electron chi connectivity index (χ3n) is 3.05. The summed E-state index contributed by atoms with van der Waals surface area (Å²) >= 11 is 0. The van der Waals surface area contributed by atoms with E-state index in [0.717, 1.165) is 16.9 Å². The third-order valence-corrected chi connectivity index (χ3v) is 3.96. The highest BCUT2D eigenvalue weighted by Gasteiger charge is 2.10. The lowest BCUT2D eigenvalue weighted by molar-refractivity contribution is 0.598. The zero-order chi connectivity index (χ0) is 14.0. The second-order valence-corrected chi connectivity index (χ2v) is 6.05. The minimum absolute atomic E-state index is 0.118. The van der Waals surface area contributed by atoms with E-state index < -0.39 is 10.0 Å². The van der Waals surface area contributed by atoms with E-state index in [0.29, 0.717) is 6.54 Å². The number of sulfonamides is 1. The molecular formula is C13H17N3O2S.